The summed E-state index contributed by atoms with van der Waals surface area (Å²) in [6, 6.07) is 1.15. The van der Waals surface area contributed by atoms with E-state index in [1.165, 1.54) is 53.6 Å². The van der Waals surface area contributed by atoms with E-state index in [0.717, 1.165) is 33.7 Å². The summed E-state index contributed by atoms with van der Waals surface area (Å²) in [4.78, 5) is 202. The normalized spacial score (nSPS) is 22.8. The van der Waals surface area contributed by atoms with E-state index in [1.807, 2.05) is 0 Å². The van der Waals surface area contributed by atoms with Crippen molar-refractivity contribution in [2.75, 3.05) is 31.1 Å². The molecule has 588 valence electrons. The highest BCUT2D eigenvalue weighted by atomic mass is 33.1. The van der Waals surface area contributed by atoms with Crippen LogP contribution in [0.3, 0.4) is 0 Å². The Balaban J connectivity index is 1.29. The lowest BCUT2D eigenvalue weighted by Gasteiger charge is -2.30. The first-order valence-electron chi connectivity index (χ1n) is 35.6. The molecule has 1 saturated carbocycles. The van der Waals surface area contributed by atoms with Crippen LogP contribution in [0.2, 0.25) is 0 Å². The molecule has 4 aromatic rings. The molecule has 0 spiro atoms. The predicted molar refractivity (Wildman–Crippen MR) is 396 cm³/mol. The predicted octanol–water partition coefficient (Wildman–Crippen LogP) is -1.43. The van der Waals surface area contributed by atoms with Crippen molar-refractivity contribution in [3.05, 3.63) is 101 Å². The first-order valence-corrected chi connectivity index (χ1v) is 38.1. The van der Waals surface area contributed by atoms with Gasteiger partial charge in [0.05, 0.1) is 11.6 Å². The number of hydrogen-bond acceptors (Lipinski definition) is 20. The highest BCUT2D eigenvalue weighted by Crippen LogP contribution is 2.30. The fraction of sp³-hybridized carbons (Fsp3) is 0.493. The van der Waals surface area contributed by atoms with Gasteiger partial charge in [0.2, 0.25) is 70.9 Å². The lowest BCUT2D eigenvalue weighted by molar-refractivity contribution is -0.140. The third-order valence-corrected chi connectivity index (χ3v) is 20.9. The Bertz CT molecular complexity index is 4030. The molecule has 3 aliphatic rings. The van der Waals surface area contributed by atoms with E-state index in [1.54, 1.807) is 19.1 Å². The zero-order chi connectivity index (χ0) is 79.4. The Hall–Kier alpha value is -11.1. The van der Waals surface area contributed by atoms with Gasteiger partial charge in [0.1, 0.15) is 72.0 Å². The number of nitrogens with two attached hydrogens (primary N) is 3. The van der Waals surface area contributed by atoms with Crippen molar-refractivity contribution < 1.29 is 86.8 Å². The number of carbonyl (C=O) groups excluding carboxylic acids is 12. The monoisotopic (exact) mass is 1550 g/mol. The number of aromatic amines is 1. The zero-order valence-electron chi connectivity index (χ0n) is 59.8. The van der Waals surface area contributed by atoms with Crippen LogP contribution in [0.15, 0.2) is 72.9 Å². The molecule has 0 unspecified atom stereocenters. The summed E-state index contributed by atoms with van der Waals surface area (Å²) in [6.45, 7) is 1.35. The summed E-state index contributed by atoms with van der Waals surface area (Å²) >= 11 is 0. The fourth-order valence-corrected chi connectivity index (χ4v) is 15.1. The third-order valence-electron chi connectivity index (χ3n) is 18.5. The van der Waals surface area contributed by atoms with Crippen molar-refractivity contribution in [1.82, 2.24) is 68.4 Å². The number of amides is 12. The number of nitriles is 1. The highest BCUT2D eigenvalue weighted by Gasteiger charge is 2.41. The number of aromatic nitrogens is 1. The molecular formula is C71H93FN18O17S2. The number of rotatable bonds is 24. The summed E-state index contributed by atoms with van der Waals surface area (Å²) in [7, 11) is 1.66. The van der Waals surface area contributed by atoms with Crippen molar-refractivity contribution in [3.63, 3.8) is 0 Å². The van der Waals surface area contributed by atoms with Gasteiger partial charge < -0.3 is 101 Å². The van der Waals surface area contributed by atoms with Gasteiger partial charge in [0.15, 0.2) is 5.96 Å². The molecule has 7 rings (SSSR count). The van der Waals surface area contributed by atoms with Gasteiger partial charge >= 0.3 is 11.9 Å². The number of nitrogens with zero attached hydrogens (tertiary/aromatic N) is 2. The number of phenolic OH excluding ortho intramolecular Hbond substituents is 1. The van der Waals surface area contributed by atoms with Gasteiger partial charge in [-0.05, 0) is 117 Å². The molecule has 11 atom stereocenters. The van der Waals surface area contributed by atoms with E-state index in [2.05, 4.69) is 69.5 Å². The van der Waals surface area contributed by atoms with Crippen LogP contribution in [0.1, 0.15) is 119 Å². The third kappa shape index (κ3) is 26.7. The number of carbonyl (C=O) groups is 14. The zero-order valence-corrected chi connectivity index (χ0v) is 61.4. The first-order chi connectivity index (χ1) is 52.0. The second-order valence-electron chi connectivity index (χ2n) is 26.9. The Morgan fingerprint density at radius 1 is 0.716 bits per heavy atom. The molecule has 3 heterocycles. The SMILES string of the molecule is C[C@@H](N)CC(=O)N1CCC[C@H]1C(=O)N[C@@H](Cc1ccc(O)cc1)C(=O)N[C@H]1CSSC[C@@H](C(N)=O)NC(=O)[C@H](CCC(=O)O)NC(=O)[C@H](Cc2c[nH]c3ccc(F)cc23)NC(=O)[C@H](CCC(=O)O)NC(=O)CCNC(=O)[C@H](CCCNC(=N)N)NC(=O)[C@H](Cc2ccccc2C#N)NC(=O)[C@H](C2CCCC2)NC1=O. The number of fused-ring (bicyclic) bond motifs is 1. The molecular weight excluding hydrogens is 1460 g/mol. The minimum Gasteiger partial charge on any atom is -0.508 e. The van der Waals surface area contributed by atoms with Gasteiger partial charge in [-0.2, -0.15) is 5.26 Å². The van der Waals surface area contributed by atoms with Crippen molar-refractivity contribution in [2.24, 2.45) is 23.1 Å². The average Bonchev–Trinajstić information content (AvgIpc) is 1.72. The quantitative estimate of drug-likeness (QED) is 0.0166. The number of halogens is 1. The van der Waals surface area contributed by atoms with E-state index in [-0.39, 0.29) is 79.4 Å². The van der Waals surface area contributed by atoms with E-state index < -0.39 is 224 Å². The molecule has 22 N–H and O–H groups in total. The van der Waals surface area contributed by atoms with Gasteiger partial charge in [0.25, 0.3) is 0 Å². The number of guanidine groups is 1. The number of phenols is 1. The molecule has 38 heteroatoms. The van der Waals surface area contributed by atoms with Crippen LogP contribution in [-0.4, -0.2) is 212 Å². The highest BCUT2D eigenvalue weighted by molar-refractivity contribution is 8.76. The number of H-pyrrole nitrogens is 1. The van der Waals surface area contributed by atoms with E-state index in [4.69, 9.17) is 22.6 Å². The second kappa shape index (κ2) is 41.9. The molecule has 1 aromatic heterocycles. The second-order valence-corrected chi connectivity index (χ2v) is 29.5. The number of nitrogens with one attached hydrogen (secondary N) is 13. The van der Waals surface area contributed by atoms with Crippen molar-refractivity contribution in [1.29, 1.82) is 10.7 Å². The lowest BCUT2D eigenvalue weighted by Crippen LogP contribution is -2.61. The Morgan fingerprint density at radius 2 is 1.32 bits per heavy atom. The number of aliphatic carboxylic acids is 2. The summed E-state index contributed by atoms with van der Waals surface area (Å²) < 4.78 is 14.8. The number of carboxylic acids is 2. The number of aromatic hydroxyl groups is 1. The number of hydrogen-bond donors (Lipinski definition) is 19. The lowest BCUT2D eigenvalue weighted by atomic mass is 9.95. The molecule has 1 aliphatic carbocycles. The van der Waals surface area contributed by atoms with Gasteiger partial charge in [0, 0.05) is 99.2 Å². The van der Waals surface area contributed by atoms with Crippen molar-refractivity contribution in [3.8, 4) is 11.8 Å². The maximum absolute atomic E-state index is 15.3. The maximum atomic E-state index is 15.3. The van der Waals surface area contributed by atoms with Crippen LogP contribution in [-0.2, 0) is 86.4 Å². The van der Waals surface area contributed by atoms with Crippen molar-refractivity contribution >= 4 is 121 Å². The smallest absolute Gasteiger partial charge is 0.303 e. The minimum atomic E-state index is -1.83. The largest absolute Gasteiger partial charge is 0.508 e. The fourth-order valence-electron chi connectivity index (χ4n) is 12.8. The Kier molecular flexibility index (Phi) is 32.7. The number of likely N-dealkylation sites (tertiary alicyclic amines) is 1. The summed E-state index contributed by atoms with van der Waals surface area (Å²) in [5.74, 6) is -17.1. The summed E-state index contributed by atoms with van der Waals surface area (Å²) in [5, 5.41) is 76.5. The number of carboxylic acid groups (broad SMARTS) is 2. The molecule has 2 aliphatic heterocycles. The Labute approximate surface area is 633 Å². The molecule has 0 radical (unpaired) electrons. The van der Waals surface area contributed by atoms with Crippen LogP contribution >= 0.6 is 21.6 Å². The summed E-state index contributed by atoms with van der Waals surface area (Å²) in [5.41, 5.74) is 18.8. The number of benzene rings is 3. The van der Waals surface area contributed by atoms with Crippen LogP contribution in [0, 0.1) is 28.5 Å². The minimum absolute atomic E-state index is 0.00975. The van der Waals surface area contributed by atoms with Crippen LogP contribution in [0.25, 0.3) is 10.9 Å². The van der Waals surface area contributed by atoms with E-state index in [9.17, 15) is 77.7 Å². The summed E-state index contributed by atoms with van der Waals surface area (Å²) in [6.07, 6.45) is -0.740. The molecule has 3 aromatic carbocycles. The molecule has 3 fully saturated rings. The molecule has 12 amide bonds. The van der Waals surface area contributed by atoms with Gasteiger partial charge in [-0.3, -0.25) is 72.5 Å². The standard InChI is InChI=1S/C71H93FN18O17S2/c1-37(74)28-57(93)90-27-7-13-55(90)69(106)85-50(29-38-14-17-44(91)18-15-38)65(102)88-54-36-109-108-35-53(61(75)98)87-64(101)49(21-23-59(96)97)83-67(104)52(31-42-34-80-46-19-16-43(72)32-45(42)46)84-63(100)48(20-22-58(94)95)81-56(92)24-26-78-62(99)47(12-6-25-79-71(76)77)82-66(103)51(30-40-10-4-5-11-41(40)33-73)86-70(107)60(89-68(54)105)39-8-2-3-9-39/h4-5,10-11,14-19,32,34,37,39,47-55,60,80,91H,2-3,6-9,12-13,20-31,35-36,74H2,1H3,(H2,75,98)(H,78,99)(H,81,92)(H,82,103)(H,83,104)(H,84,100)(H,85,106)(H,86,107)(H,87,101)(H,88,102)(H,89,105)(H,94,95)(H,96,97)(H4,76,77,79)/t37-,47+,48+,49+,50+,51+,52+,53+,54+,55+,60+/m1/s1. The van der Waals surface area contributed by atoms with Gasteiger partial charge in [-0.25, -0.2) is 4.39 Å². The van der Waals surface area contributed by atoms with Gasteiger partial charge in [-0.15, -0.1) is 0 Å². The molecule has 2 saturated heterocycles. The average molecular weight is 1550 g/mol. The van der Waals surface area contributed by atoms with Crippen LogP contribution < -0.4 is 75.7 Å². The van der Waals surface area contributed by atoms with Crippen LogP contribution in [0.5, 0.6) is 5.75 Å². The molecule has 35 nitrogen and oxygen atoms in total. The van der Waals surface area contributed by atoms with E-state index in [0.29, 0.717) is 43.2 Å². The topological polar surface area (TPSA) is 577 Å². The van der Waals surface area contributed by atoms with E-state index >= 15 is 14.4 Å². The molecule has 109 heavy (non-hydrogen) atoms. The molecule has 0 bridgehead atoms. The Morgan fingerprint density at radius 3 is 1.96 bits per heavy atom. The van der Waals surface area contributed by atoms with Crippen molar-refractivity contribution in [2.45, 2.75) is 183 Å². The number of primary amides is 1. The van der Waals surface area contributed by atoms with Gasteiger partial charge in [-0.1, -0.05) is 64.8 Å². The first kappa shape index (κ1) is 85.2. The maximum Gasteiger partial charge on any atom is 0.303 e. The van der Waals surface area contributed by atoms with Crippen LogP contribution in [0.4, 0.5) is 4.39 Å².